The van der Waals surface area contributed by atoms with Crippen molar-refractivity contribution in [2.75, 3.05) is 0 Å². The summed E-state index contributed by atoms with van der Waals surface area (Å²) in [4.78, 5) is 15.3. The van der Waals surface area contributed by atoms with E-state index in [0.717, 1.165) is 4.52 Å². The van der Waals surface area contributed by atoms with Crippen LogP contribution in [0, 0.1) is 5.82 Å². The summed E-state index contributed by atoms with van der Waals surface area (Å²) in [5.41, 5.74) is 8.04. The Morgan fingerprint density at radius 1 is 1.38 bits per heavy atom. The van der Waals surface area contributed by atoms with Crippen LogP contribution in [0.1, 0.15) is 10.5 Å². The first kappa shape index (κ1) is 13.3. The maximum atomic E-state index is 13.2. The number of aromatic nitrogens is 3. The monoisotopic (exact) mass is 305 g/mol. The van der Waals surface area contributed by atoms with E-state index in [-0.39, 0.29) is 16.4 Å². The van der Waals surface area contributed by atoms with Crippen LogP contribution >= 0.6 is 11.6 Å². The summed E-state index contributed by atoms with van der Waals surface area (Å²) in [5.74, 6) is -2.07. The van der Waals surface area contributed by atoms with Crippen LogP contribution < -0.4 is 5.73 Å². The van der Waals surface area contributed by atoms with Gasteiger partial charge in [-0.2, -0.15) is 5.10 Å². The molecular formula is C13H7ClFN4O2. The fourth-order valence-electron chi connectivity index (χ4n) is 2.06. The van der Waals surface area contributed by atoms with Crippen molar-refractivity contribution < 1.29 is 14.3 Å². The number of nitrogens with one attached hydrogen (secondary N) is 1. The Hall–Kier alpha value is -2.67. The molecule has 0 atom stereocenters. The fourth-order valence-corrected chi connectivity index (χ4v) is 2.24. The van der Waals surface area contributed by atoms with Gasteiger partial charge in [0.2, 0.25) is 0 Å². The molecule has 0 spiro atoms. The lowest BCUT2D eigenvalue weighted by Crippen LogP contribution is -2.09. The average molecular weight is 306 g/mol. The summed E-state index contributed by atoms with van der Waals surface area (Å²) in [6.07, 6.45) is 1.19. The molecule has 3 rings (SSSR count). The largest absolute Gasteiger partial charge is 0.505 e. The fraction of sp³-hybridized carbons (Fsp3) is 0. The number of nitrogens with zero attached hydrogens (tertiary/aromatic N) is 3. The highest BCUT2D eigenvalue weighted by atomic mass is 35.5. The average Bonchev–Trinajstić information content (AvgIpc) is 2.89. The number of fused-ring (bicyclic) bond motifs is 1. The zero-order valence-electron chi connectivity index (χ0n) is 10.3. The van der Waals surface area contributed by atoms with Gasteiger partial charge in [-0.25, -0.2) is 13.9 Å². The molecule has 105 valence electrons. The van der Waals surface area contributed by atoms with Gasteiger partial charge in [-0.1, -0.05) is 17.7 Å². The standard InChI is InChI=1S/C13H7ClFN4O2/c14-8-3-6(1-2-9(8)15)7-4-10(20)11(12(16)21)19-13(7)17-5-18-19/h1-5,16,20H. The molecule has 1 amide bonds. The molecule has 0 aliphatic rings. The third kappa shape index (κ3) is 2.07. The van der Waals surface area contributed by atoms with Crippen LogP contribution in [-0.4, -0.2) is 25.6 Å². The molecule has 6 nitrogen and oxygen atoms in total. The first-order chi connectivity index (χ1) is 9.99. The molecule has 0 saturated carbocycles. The van der Waals surface area contributed by atoms with Crippen LogP contribution in [0.25, 0.3) is 16.8 Å². The van der Waals surface area contributed by atoms with Crippen LogP contribution in [0.4, 0.5) is 4.39 Å². The molecule has 2 N–H and O–H groups in total. The quantitative estimate of drug-likeness (QED) is 0.786. The maximum Gasteiger partial charge on any atom is 0.292 e. The van der Waals surface area contributed by atoms with Gasteiger partial charge in [-0.15, -0.1) is 0 Å². The molecule has 8 heteroatoms. The maximum absolute atomic E-state index is 13.2. The number of benzene rings is 1. The van der Waals surface area contributed by atoms with Gasteiger partial charge in [0.1, 0.15) is 17.9 Å². The Balaban J connectivity index is 2.34. The summed E-state index contributed by atoms with van der Waals surface area (Å²) in [5, 5.41) is 13.7. The van der Waals surface area contributed by atoms with E-state index in [1.165, 1.54) is 30.6 Å². The summed E-state index contributed by atoms with van der Waals surface area (Å²) >= 11 is 5.75. The number of amides is 1. The Kier molecular flexibility index (Phi) is 2.99. The molecule has 21 heavy (non-hydrogen) atoms. The van der Waals surface area contributed by atoms with Gasteiger partial charge >= 0.3 is 0 Å². The molecule has 0 aliphatic carbocycles. The Morgan fingerprint density at radius 2 is 2.14 bits per heavy atom. The van der Waals surface area contributed by atoms with E-state index >= 15 is 0 Å². The minimum Gasteiger partial charge on any atom is -0.505 e. The summed E-state index contributed by atoms with van der Waals surface area (Å²) in [7, 11) is 0. The summed E-state index contributed by atoms with van der Waals surface area (Å²) in [6.45, 7) is 0. The van der Waals surface area contributed by atoms with E-state index < -0.39 is 17.5 Å². The number of hydrogen-bond donors (Lipinski definition) is 1. The Labute approximate surface area is 122 Å². The predicted octanol–water partition coefficient (Wildman–Crippen LogP) is 2.32. The Morgan fingerprint density at radius 3 is 2.81 bits per heavy atom. The van der Waals surface area contributed by atoms with E-state index in [4.69, 9.17) is 17.3 Å². The van der Waals surface area contributed by atoms with Gasteiger partial charge in [0.05, 0.1) is 5.02 Å². The molecule has 0 unspecified atom stereocenters. The second-order valence-corrected chi connectivity index (χ2v) is 4.65. The number of hydrogen-bond acceptors (Lipinski definition) is 4. The highest BCUT2D eigenvalue weighted by molar-refractivity contribution is 6.31. The highest BCUT2D eigenvalue weighted by Gasteiger charge is 2.19. The van der Waals surface area contributed by atoms with Crippen molar-refractivity contribution in [1.29, 1.82) is 0 Å². The normalized spacial score (nSPS) is 11.0. The second kappa shape index (κ2) is 4.71. The van der Waals surface area contributed by atoms with E-state index in [0.29, 0.717) is 11.1 Å². The van der Waals surface area contributed by atoms with E-state index in [1.807, 2.05) is 0 Å². The van der Waals surface area contributed by atoms with Gasteiger partial charge in [-0.05, 0) is 23.8 Å². The SMILES string of the molecule is [NH]C(=O)c1c(O)cc(-c2ccc(F)c(Cl)c2)c2ncnn12. The first-order valence-corrected chi connectivity index (χ1v) is 6.14. The minimum atomic E-state index is -1.09. The zero-order chi connectivity index (χ0) is 15.1. The zero-order valence-corrected chi connectivity index (χ0v) is 11.1. The number of carbonyl (C=O) groups excluding carboxylic acids is 1. The first-order valence-electron chi connectivity index (χ1n) is 5.76. The topological polar surface area (TPSA) is 91.3 Å². The molecule has 1 radical (unpaired) electrons. The van der Waals surface area contributed by atoms with E-state index in [2.05, 4.69) is 10.1 Å². The van der Waals surface area contributed by atoms with Crippen molar-refractivity contribution in [2.45, 2.75) is 0 Å². The van der Waals surface area contributed by atoms with Gasteiger partial charge in [0, 0.05) is 5.56 Å². The highest BCUT2D eigenvalue weighted by Crippen LogP contribution is 2.31. The van der Waals surface area contributed by atoms with Crippen molar-refractivity contribution >= 4 is 23.2 Å². The molecule has 0 aliphatic heterocycles. The lowest BCUT2D eigenvalue weighted by Gasteiger charge is -2.08. The van der Waals surface area contributed by atoms with Gasteiger partial charge in [-0.3, -0.25) is 10.5 Å². The lowest BCUT2D eigenvalue weighted by molar-refractivity contribution is 0.0982. The van der Waals surface area contributed by atoms with Gasteiger partial charge in [0.15, 0.2) is 11.3 Å². The smallest absolute Gasteiger partial charge is 0.292 e. The minimum absolute atomic E-state index is 0.0784. The van der Waals surface area contributed by atoms with Crippen molar-refractivity contribution in [3.05, 3.63) is 47.1 Å². The summed E-state index contributed by atoms with van der Waals surface area (Å²) in [6, 6.07) is 5.30. The molecule has 0 bridgehead atoms. The van der Waals surface area contributed by atoms with Gasteiger partial charge < -0.3 is 5.11 Å². The van der Waals surface area contributed by atoms with Crippen LogP contribution in [0.3, 0.4) is 0 Å². The molecule has 3 aromatic rings. The third-order valence-corrected chi connectivity index (χ3v) is 3.26. The van der Waals surface area contributed by atoms with Crippen LogP contribution in [0.15, 0.2) is 30.6 Å². The molecule has 1 aromatic carbocycles. The molecular weight excluding hydrogens is 299 g/mol. The van der Waals surface area contributed by atoms with Crippen molar-refractivity contribution in [1.82, 2.24) is 20.3 Å². The number of pyridine rings is 1. The third-order valence-electron chi connectivity index (χ3n) is 2.97. The van der Waals surface area contributed by atoms with E-state index in [9.17, 15) is 14.3 Å². The number of rotatable bonds is 2. The second-order valence-electron chi connectivity index (χ2n) is 4.25. The van der Waals surface area contributed by atoms with Crippen molar-refractivity contribution in [3.8, 4) is 16.9 Å². The Bertz CT molecular complexity index is 878. The number of aromatic hydroxyl groups is 1. The van der Waals surface area contributed by atoms with Crippen LogP contribution in [-0.2, 0) is 0 Å². The number of carbonyl (C=O) groups is 1. The molecule has 2 aromatic heterocycles. The molecule has 2 heterocycles. The molecule has 0 saturated heterocycles. The number of halogens is 2. The molecule has 0 fully saturated rings. The predicted molar refractivity (Wildman–Crippen MR) is 72.5 cm³/mol. The van der Waals surface area contributed by atoms with Crippen molar-refractivity contribution in [2.24, 2.45) is 0 Å². The lowest BCUT2D eigenvalue weighted by atomic mass is 10.1. The summed E-state index contributed by atoms with van der Waals surface area (Å²) < 4.78 is 14.3. The van der Waals surface area contributed by atoms with Crippen molar-refractivity contribution in [3.63, 3.8) is 0 Å². The van der Waals surface area contributed by atoms with E-state index in [1.54, 1.807) is 0 Å². The van der Waals surface area contributed by atoms with Crippen LogP contribution in [0.2, 0.25) is 5.02 Å². The van der Waals surface area contributed by atoms with Gasteiger partial charge in [0.25, 0.3) is 5.91 Å². The van der Waals surface area contributed by atoms with Crippen LogP contribution in [0.5, 0.6) is 5.75 Å².